The van der Waals surface area contributed by atoms with Crippen LogP contribution in [0.25, 0.3) is 0 Å². The van der Waals surface area contributed by atoms with E-state index in [1.807, 2.05) is 0 Å². The molecule has 0 radical (unpaired) electrons. The molecule has 1 saturated heterocycles. The molecule has 1 aliphatic heterocycles. The lowest BCUT2D eigenvalue weighted by Gasteiger charge is -2.34. The molecule has 116 valence electrons. The molecule has 2 atom stereocenters. The second-order valence-corrected chi connectivity index (χ2v) is 6.76. The summed E-state index contributed by atoms with van der Waals surface area (Å²) in [7, 11) is 0. The van der Waals surface area contributed by atoms with Gasteiger partial charge in [-0.25, -0.2) is 0 Å². The zero-order chi connectivity index (χ0) is 15.2. The van der Waals surface area contributed by atoms with E-state index in [0.717, 1.165) is 31.3 Å². The van der Waals surface area contributed by atoms with Crippen molar-refractivity contribution >= 4 is 17.5 Å². The topological polar surface area (TPSA) is 32.3 Å². The maximum absolute atomic E-state index is 11.9. The minimum Gasteiger partial charge on any atom is -0.352 e. The van der Waals surface area contributed by atoms with Crippen LogP contribution in [0, 0.1) is 11.8 Å². The quantitative estimate of drug-likeness (QED) is 0.845. The van der Waals surface area contributed by atoms with E-state index in [4.69, 9.17) is 11.6 Å². The van der Waals surface area contributed by atoms with Crippen LogP contribution in [0.2, 0.25) is 5.02 Å². The van der Waals surface area contributed by atoms with Crippen LogP contribution in [0.15, 0.2) is 24.3 Å². The lowest BCUT2D eigenvalue weighted by Crippen LogP contribution is -2.40. The Balaban J connectivity index is 1.67. The highest BCUT2D eigenvalue weighted by atomic mass is 35.5. The van der Waals surface area contributed by atoms with E-state index in [0.29, 0.717) is 10.6 Å². The molecule has 0 saturated carbocycles. The van der Waals surface area contributed by atoms with Gasteiger partial charge in [0, 0.05) is 30.2 Å². The van der Waals surface area contributed by atoms with Gasteiger partial charge in [0.1, 0.15) is 0 Å². The van der Waals surface area contributed by atoms with E-state index in [1.165, 1.54) is 19.5 Å². The lowest BCUT2D eigenvalue weighted by molar-refractivity contribution is 0.0947. The number of carbonyl (C=O) groups excluding carboxylic acids is 1. The molecule has 3 nitrogen and oxygen atoms in total. The predicted molar refractivity (Wildman–Crippen MR) is 87.8 cm³/mol. The highest BCUT2D eigenvalue weighted by Crippen LogP contribution is 2.20. The standard InChI is InChI=1S/C17H25ClN2O/c1-13-10-14(2)12-20(11-13)9-3-8-19-17(21)15-4-6-16(18)7-5-15/h4-7,13-14H,3,8-12H2,1-2H3,(H,19,21). The Morgan fingerprint density at radius 2 is 1.86 bits per heavy atom. The van der Waals surface area contributed by atoms with Crippen molar-refractivity contribution in [3.05, 3.63) is 34.9 Å². The third-order valence-electron chi connectivity index (χ3n) is 3.99. The number of amides is 1. The van der Waals surface area contributed by atoms with Crippen LogP contribution < -0.4 is 5.32 Å². The fraction of sp³-hybridized carbons (Fsp3) is 0.588. The number of benzene rings is 1. The molecule has 1 amide bonds. The third kappa shape index (κ3) is 5.33. The molecule has 2 unspecified atom stereocenters. The summed E-state index contributed by atoms with van der Waals surface area (Å²) in [5.41, 5.74) is 0.666. The minimum atomic E-state index is -0.0213. The van der Waals surface area contributed by atoms with Gasteiger partial charge in [-0.2, -0.15) is 0 Å². The van der Waals surface area contributed by atoms with Crippen LogP contribution in [-0.4, -0.2) is 37.0 Å². The maximum atomic E-state index is 11.9. The molecule has 1 N–H and O–H groups in total. The molecule has 0 aliphatic carbocycles. The smallest absolute Gasteiger partial charge is 0.251 e. The number of carbonyl (C=O) groups is 1. The van der Waals surface area contributed by atoms with Gasteiger partial charge in [0.25, 0.3) is 5.91 Å². The minimum absolute atomic E-state index is 0.0213. The van der Waals surface area contributed by atoms with Crippen molar-refractivity contribution in [1.82, 2.24) is 10.2 Å². The zero-order valence-corrected chi connectivity index (χ0v) is 13.7. The Hall–Kier alpha value is -1.06. The van der Waals surface area contributed by atoms with Gasteiger partial charge in [0.15, 0.2) is 0 Å². The first-order chi connectivity index (χ1) is 10.0. The summed E-state index contributed by atoms with van der Waals surface area (Å²) >= 11 is 5.82. The number of hydrogen-bond acceptors (Lipinski definition) is 2. The molecular formula is C17H25ClN2O. The summed E-state index contributed by atoms with van der Waals surface area (Å²) < 4.78 is 0. The molecular weight excluding hydrogens is 284 g/mol. The van der Waals surface area contributed by atoms with Crippen LogP contribution in [0.1, 0.15) is 37.0 Å². The van der Waals surface area contributed by atoms with Crippen LogP contribution in [-0.2, 0) is 0 Å². The van der Waals surface area contributed by atoms with E-state index in [2.05, 4.69) is 24.1 Å². The van der Waals surface area contributed by atoms with Crippen LogP contribution in [0.5, 0.6) is 0 Å². The Morgan fingerprint density at radius 3 is 2.48 bits per heavy atom. The van der Waals surface area contributed by atoms with Crippen LogP contribution in [0.3, 0.4) is 0 Å². The van der Waals surface area contributed by atoms with Crippen molar-refractivity contribution in [1.29, 1.82) is 0 Å². The number of nitrogens with zero attached hydrogens (tertiary/aromatic N) is 1. The van der Waals surface area contributed by atoms with Gasteiger partial charge in [0.05, 0.1) is 0 Å². The first-order valence-electron chi connectivity index (χ1n) is 7.80. The number of halogens is 1. The summed E-state index contributed by atoms with van der Waals surface area (Å²) in [6, 6.07) is 7.00. The molecule has 0 spiro atoms. The van der Waals surface area contributed by atoms with Crippen molar-refractivity contribution in [2.45, 2.75) is 26.7 Å². The molecule has 4 heteroatoms. The Bertz CT molecular complexity index is 450. The van der Waals surface area contributed by atoms with Crippen LogP contribution >= 0.6 is 11.6 Å². The molecule has 1 heterocycles. The largest absolute Gasteiger partial charge is 0.352 e. The average Bonchev–Trinajstić information content (AvgIpc) is 2.43. The third-order valence-corrected chi connectivity index (χ3v) is 4.24. The Labute approximate surface area is 132 Å². The van der Waals surface area contributed by atoms with E-state index in [-0.39, 0.29) is 5.91 Å². The summed E-state index contributed by atoms with van der Waals surface area (Å²) in [5, 5.41) is 3.62. The fourth-order valence-corrected chi connectivity index (χ4v) is 3.31. The van der Waals surface area contributed by atoms with E-state index >= 15 is 0 Å². The zero-order valence-electron chi connectivity index (χ0n) is 12.9. The van der Waals surface area contributed by atoms with Crippen molar-refractivity contribution in [2.75, 3.05) is 26.2 Å². The van der Waals surface area contributed by atoms with Gasteiger partial charge in [0.2, 0.25) is 0 Å². The average molecular weight is 309 g/mol. The number of rotatable bonds is 5. The van der Waals surface area contributed by atoms with E-state index in [1.54, 1.807) is 24.3 Å². The number of likely N-dealkylation sites (tertiary alicyclic amines) is 1. The first kappa shape index (κ1) is 16.3. The molecule has 21 heavy (non-hydrogen) atoms. The number of nitrogens with one attached hydrogen (secondary N) is 1. The molecule has 1 fully saturated rings. The van der Waals surface area contributed by atoms with Gasteiger partial charge in [-0.15, -0.1) is 0 Å². The number of piperidine rings is 1. The molecule has 1 aromatic rings. The maximum Gasteiger partial charge on any atom is 0.251 e. The van der Waals surface area contributed by atoms with Crippen LogP contribution in [0.4, 0.5) is 0 Å². The molecule has 2 rings (SSSR count). The molecule has 1 aromatic carbocycles. The summed E-state index contributed by atoms with van der Waals surface area (Å²) in [6.45, 7) is 8.82. The van der Waals surface area contributed by atoms with Gasteiger partial charge in [-0.3, -0.25) is 4.79 Å². The van der Waals surface area contributed by atoms with E-state index in [9.17, 15) is 4.79 Å². The Morgan fingerprint density at radius 1 is 1.24 bits per heavy atom. The van der Waals surface area contributed by atoms with Gasteiger partial charge in [-0.05, 0) is 55.5 Å². The Kier molecular flexibility index (Phi) is 6.07. The number of hydrogen-bond donors (Lipinski definition) is 1. The summed E-state index contributed by atoms with van der Waals surface area (Å²) in [6.07, 6.45) is 2.34. The van der Waals surface area contributed by atoms with Crippen molar-refractivity contribution < 1.29 is 4.79 Å². The highest BCUT2D eigenvalue weighted by molar-refractivity contribution is 6.30. The monoisotopic (exact) mass is 308 g/mol. The van der Waals surface area contributed by atoms with E-state index < -0.39 is 0 Å². The van der Waals surface area contributed by atoms with Crippen molar-refractivity contribution in [3.63, 3.8) is 0 Å². The second kappa shape index (κ2) is 7.81. The SMILES string of the molecule is CC1CC(C)CN(CCCNC(=O)c2ccc(Cl)cc2)C1. The van der Waals surface area contributed by atoms with Gasteiger partial charge >= 0.3 is 0 Å². The lowest BCUT2D eigenvalue weighted by atomic mass is 9.92. The summed E-state index contributed by atoms with van der Waals surface area (Å²) in [4.78, 5) is 14.5. The fourth-order valence-electron chi connectivity index (χ4n) is 3.18. The van der Waals surface area contributed by atoms with Crippen molar-refractivity contribution in [2.24, 2.45) is 11.8 Å². The summed E-state index contributed by atoms with van der Waals surface area (Å²) in [5.74, 6) is 1.56. The molecule has 0 aromatic heterocycles. The highest BCUT2D eigenvalue weighted by Gasteiger charge is 2.21. The molecule has 1 aliphatic rings. The second-order valence-electron chi connectivity index (χ2n) is 6.32. The van der Waals surface area contributed by atoms with Crippen molar-refractivity contribution in [3.8, 4) is 0 Å². The first-order valence-corrected chi connectivity index (χ1v) is 8.18. The normalized spacial score (nSPS) is 23.0. The molecule has 0 bridgehead atoms. The van der Waals surface area contributed by atoms with Gasteiger partial charge in [-0.1, -0.05) is 25.4 Å². The predicted octanol–water partition coefficient (Wildman–Crippen LogP) is 3.44. The van der Waals surface area contributed by atoms with Gasteiger partial charge < -0.3 is 10.2 Å².